The fraction of sp³-hybridized carbons (Fsp3) is 0.245. The Balaban J connectivity index is 1.37. The van der Waals surface area contributed by atoms with Crippen LogP contribution in [0.2, 0.25) is 0 Å². The Hall–Kier alpha value is -7.05. The van der Waals surface area contributed by atoms with E-state index in [0.29, 0.717) is 5.56 Å². The van der Waals surface area contributed by atoms with Crippen molar-refractivity contribution in [3.8, 4) is 0 Å². The molecule has 4 amide bonds. The fourth-order valence-electron chi connectivity index (χ4n) is 6.84. The molecule has 0 bridgehead atoms. The van der Waals surface area contributed by atoms with Crippen molar-refractivity contribution in [3.05, 3.63) is 192 Å². The molecule has 5 aromatic carbocycles. The second-order valence-corrected chi connectivity index (χ2v) is 14.3. The van der Waals surface area contributed by atoms with Crippen LogP contribution in [0.15, 0.2) is 164 Å². The van der Waals surface area contributed by atoms with Crippen molar-refractivity contribution in [1.29, 1.82) is 0 Å². The van der Waals surface area contributed by atoms with Crippen LogP contribution in [0.25, 0.3) is 0 Å². The number of ether oxygens (including phenoxy) is 2. The van der Waals surface area contributed by atoms with Gasteiger partial charge in [0.2, 0.25) is 17.7 Å². The minimum absolute atomic E-state index is 0.0337. The summed E-state index contributed by atoms with van der Waals surface area (Å²) < 4.78 is 10.4. The zero-order valence-corrected chi connectivity index (χ0v) is 34.2. The van der Waals surface area contributed by atoms with Crippen molar-refractivity contribution >= 4 is 29.8 Å². The van der Waals surface area contributed by atoms with Gasteiger partial charge >= 0.3 is 12.1 Å². The van der Waals surface area contributed by atoms with Gasteiger partial charge in [-0.05, 0) is 48.1 Å². The summed E-state index contributed by atoms with van der Waals surface area (Å²) in [4.78, 5) is 67.4. The molecule has 61 heavy (non-hydrogen) atoms. The Bertz CT molecular complexity index is 2090. The molecule has 0 heterocycles. The molecule has 5 aromatic rings. The molecule has 0 aliphatic rings. The Morgan fingerprint density at radius 2 is 1.13 bits per heavy atom. The van der Waals surface area contributed by atoms with E-state index in [9.17, 15) is 29.1 Å². The third kappa shape index (κ3) is 13.2. The summed E-state index contributed by atoms with van der Waals surface area (Å²) in [6.45, 7) is 3.07. The molecule has 12 heteroatoms. The van der Waals surface area contributed by atoms with E-state index >= 15 is 0 Å². The van der Waals surface area contributed by atoms with Crippen molar-refractivity contribution in [3.63, 3.8) is 0 Å². The van der Waals surface area contributed by atoms with Gasteiger partial charge in [-0.3, -0.25) is 14.4 Å². The maximum Gasteiger partial charge on any atom is 0.408 e. The maximum atomic E-state index is 14.2. The van der Waals surface area contributed by atoms with Gasteiger partial charge in [0, 0.05) is 25.0 Å². The molecular weight excluding hydrogens is 773 g/mol. The van der Waals surface area contributed by atoms with Gasteiger partial charge in [0.15, 0.2) is 0 Å². The maximum absolute atomic E-state index is 14.2. The number of benzene rings is 5. The molecule has 0 unspecified atom stereocenters. The lowest BCUT2D eigenvalue weighted by atomic mass is 9.77. The number of rotatable bonds is 20. The molecule has 0 saturated carbocycles. The van der Waals surface area contributed by atoms with E-state index < -0.39 is 53.6 Å². The summed E-state index contributed by atoms with van der Waals surface area (Å²) in [5, 5.41) is 21.9. The third-order valence-corrected chi connectivity index (χ3v) is 9.88. The van der Waals surface area contributed by atoms with Crippen molar-refractivity contribution < 1.29 is 38.6 Å². The highest BCUT2D eigenvalue weighted by atomic mass is 16.5. The molecular formula is C49H52N4O8. The number of carbonyl (C=O) groups excluding carboxylic acids is 5. The number of esters is 1. The Morgan fingerprint density at radius 1 is 0.639 bits per heavy atom. The van der Waals surface area contributed by atoms with E-state index in [4.69, 9.17) is 9.47 Å². The Labute approximate surface area is 356 Å². The van der Waals surface area contributed by atoms with Crippen LogP contribution < -0.4 is 21.3 Å². The summed E-state index contributed by atoms with van der Waals surface area (Å²) in [6.07, 6.45) is 0.345. The minimum Gasteiger partial charge on any atom is -0.463 e. The molecule has 0 aromatic heterocycles. The first-order valence-electron chi connectivity index (χ1n) is 20.2. The van der Waals surface area contributed by atoms with Crippen LogP contribution in [0.5, 0.6) is 0 Å². The van der Waals surface area contributed by atoms with Gasteiger partial charge in [-0.15, -0.1) is 0 Å². The van der Waals surface area contributed by atoms with E-state index in [1.54, 1.807) is 55.5 Å². The first-order valence-corrected chi connectivity index (χ1v) is 20.2. The molecule has 0 radical (unpaired) electrons. The van der Waals surface area contributed by atoms with Crippen molar-refractivity contribution in [1.82, 2.24) is 21.3 Å². The average molecular weight is 825 g/mol. The van der Waals surface area contributed by atoms with Crippen LogP contribution in [-0.2, 0) is 47.2 Å². The van der Waals surface area contributed by atoms with Crippen LogP contribution in [-0.4, -0.2) is 65.7 Å². The standard InChI is InChI=1S/C49H52N4O8/c1-3-60-44(56)32-30-41(29-31-43(55)53-49(38-23-13-6-14-24-38,39-25-15-7-16-26-39)40-27-17-8-18-28-40)50-46(57)42(33-36-19-9-4-10-20-36)51-47(58)45(35(2)54)52-48(59)61-34-37-21-11-5-12-22-37/h4-28,30,32,35,41-42,45,54H,3,29,31,33-34H2,1-2H3,(H,50,57)(H,51,58)(H,52,59)(H,53,55)/b32-30+/t35-,41+,42+,45+/m1/s1. The molecule has 0 saturated heterocycles. The lowest BCUT2D eigenvalue weighted by Crippen LogP contribution is -2.58. The number of hydrogen-bond acceptors (Lipinski definition) is 8. The Morgan fingerprint density at radius 3 is 1.62 bits per heavy atom. The summed E-state index contributed by atoms with van der Waals surface area (Å²) in [6, 6.07) is 43.3. The SMILES string of the molecule is CCOC(=O)/C=C/[C@H](CCC(=O)NC(c1ccccc1)(c1ccccc1)c1ccccc1)NC(=O)[C@H](Cc1ccccc1)NC(=O)[C@@H](NC(=O)OCc1ccccc1)[C@@H](C)O. The summed E-state index contributed by atoms with van der Waals surface area (Å²) in [5.74, 6) is -2.44. The number of aliphatic hydroxyl groups is 1. The molecule has 0 fully saturated rings. The number of aliphatic hydroxyl groups excluding tert-OH is 1. The predicted molar refractivity (Wildman–Crippen MR) is 232 cm³/mol. The topological polar surface area (TPSA) is 172 Å². The van der Waals surface area contributed by atoms with Gasteiger partial charge in [-0.25, -0.2) is 9.59 Å². The quantitative estimate of drug-likeness (QED) is 0.0368. The van der Waals surface area contributed by atoms with Crippen LogP contribution in [0, 0.1) is 0 Å². The summed E-state index contributed by atoms with van der Waals surface area (Å²) in [5.41, 5.74) is 2.87. The molecule has 12 nitrogen and oxygen atoms in total. The predicted octanol–water partition coefficient (Wildman–Crippen LogP) is 5.88. The van der Waals surface area contributed by atoms with E-state index in [0.717, 1.165) is 22.3 Å². The highest BCUT2D eigenvalue weighted by Gasteiger charge is 2.38. The van der Waals surface area contributed by atoms with Crippen LogP contribution in [0.3, 0.4) is 0 Å². The van der Waals surface area contributed by atoms with Crippen LogP contribution >= 0.6 is 0 Å². The number of nitrogens with one attached hydrogen (secondary N) is 4. The van der Waals surface area contributed by atoms with Crippen LogP contribution in [0.1, 0.15) is 54.5 Å². The second kappa shape index (κ2) is 22.9. The van der Waals surface area contributed by atoms with Gasteiger partial charge in [0.05, 0.1) is 12.7 Å². The average Bonchev–Trinajstić information content (AvgIpc) is 3.28. The van der Waals surface area contributed by atoms with Crippen molar-refractivity contribution in [2.24, 2.45) is 0 Å². The van der Waals surface area contributed by atoms with Crippen LogP contribution in [0.4, 0.5) is 4.79 Å². The first-order chi connectivity index (χ1) is 29.6. The number of amides is 4. The van der Waals surface area contributed by atoms with E-state index in [1.807, 2.05) is 103 Å². The monoisotopic (exact) mass is 824 g/mol. The molecule has 0 spiro atoms. The fourth-order valence-corrected chi connectivity index (χ4v) is 6.84. The van der Waals surface area contributed by atoms with E-state index in [1.165, 1.54) is 19.1 Å². The number of alkyl carbamates (subject to hydrolysis) is 1. The second-order valence-electron chi connectivity index (χ2n) is 14.3. The van der Waals surface area contributed by atoms with Gasteiger partial charge in [0.1, 0.15) is 24.2 Å². The first kappa shape index (κ1) is 45.0. The van der Waals surface area contributed by atoms with Gasteiger partial charge in [-0.2, -0.15) is 0 Å². The van der Waals surface area contributed by atoms with Crippen molar-refractivity contribution in [2.45, 2.75) is 69.5 Å². The third-order valence-electron chi connectivity index (χ3n) is 9.88. The normalized spacial score (nSPS) is 13.2. The van der Waals surface area contributed by atoms with Gasteiger partial charge in [-0.1, -0.05) is 158 Å². The summed E-state index contributed by atoms with van der Waals surface area (Å²) >= 11 is 0. The number of hydrogen-bond donors (Lipinski definition) is 5. The van der Waals surface area contributed by atoms with Gasteiger partial charge in [0.25, 0.3) is 0 Å². The summed E-state index contributed by atoms with van der Waals surface area (Å²) in [7, 11) is 0. The Kier molecular flexibility index (Phi) is 16.9. The molecule has 316 valence electrons. The molecule has 4 atom stereocenters. The van der Waals surface area contributed by atoms with E-state index in [-0.39, 0.29) is 38.4 Å². The zero-order valence-electron chi connectivity index (χ0n) is 34.2. The van der Waals surface area contributed by atoms with Crippen molar-refractivity contribution in [2.75, 3.05) is 6.61 Å². The molecule has 0 aliphatic heterocycles. The largest absolute Gasteiger partial charge is 0.463 e. The zero-order chi connectivity index (χ0) is 43.5. The van der Waals surface area contributed by atoms with Gasteiger partial charge < -0.3 is 35.8 Å². The molecule has 0 aliphatic carbocycles. The minimum atomic E-state index is -1.48. The lowest BCUT2D eigenvalue weighted by molar-refractivity contribution is -0.137. The highest BCUT2D eigenvalue weighted by Crippen LogP contribution is 2.37. The lowest BCUT2D eigenvalue weighted by Gasteiger charge is -2.37. The smallest absolute Gasteiger partial charge is 0.408 e. The number of carbonyl (C=O) groups is 5. The molecule has 5 rings (SSSR count). The highest BCUT2D eigenvalue weighted by molar-refractivity contribution is 5.92. The molecule has 5 N–H and O–H groups in total. The van der Waals surface area contributed by atoms with E-state index in [2.05, 4.69) is 21.3 Å².